The van der Waals surface area contributed by atoms with Crippen LogP contribution in [-0.2, 0) is 32.7 Å². The van der Waals surface area contributed by atoms with Gasteiger partial charge in [-0.2, -0.15) is 0 Å². The number of phosphoric acid groups is 1. The van der Waals surface area contributed by atoms with E-state index in [1.807, 2.05) is 0 Å². The molecule has 0 aliphatic heterocycles. The van der Waals surface area contributed by atoms with Gasteiger partial charge < -0.3 is 39.9 Å². The molecule has 6 N–H and O–H groups in total. The van der Waals surface area contributed by atoms with Crippen molar-refractivity contribution in [3.8, 4) is 0 Å². The van der Waals surface area contributed by atoms with Crippen molar-refractivity contribution < 1.29 is 63.1 Å². The van der Waals surface area contributed by atoms with E-state index in [-0.39, 0.29) is 12.8 Å². The zero-order chi connectivity index (χ0) is 41.4. The number of ether oxygens (including phenoxy) is 2. The highest BCUT2D eigenvalue weighted by molar-refractivity contribution is 7.47. The van der Waals surface area contributed by atoms with Crippen molar-refractivity contribution in [3.63, 3.8) is 0 Å². The molecule has 14 heteroatoms. The quantitative estimate of drug-likeness (QED) is 0.0123. The van der Waals surface area contributed by atoms with Gasteiger partial charge in [0.15, 0.2) is 6.10 Å². The number of rotatable bonds is 34. The van der Waals surface area contributed by atoms with Crippen molar-refractivity contribution in [2.24, 2.45) is 0 Å². The van der Waals surface area contributed by atoms with E-state index in [0.29, 0.717) is 12.8 Å². The van der Waals surface area contributed by atoms with Crippen LogP contribution in [0.1, 0.15) is 162 Å². The molecule has 0 aromatic carbocycles. The van der Waals surface area contributed by atoms with Crippen molar-refractivity contribution in [1.82, 2.24) is 0 Å². The molecule has 0 bridgehead atoms. The number of aliphatic hydroxyl groups is 5. The third-order valence-electron chi connectivity index (χ3n) is 9.73. The molecule has 0 saturated heterocycles. The molecule has 0 heterocycles. The summed E-state index contributed by atoms with van der Waals surface area (Å²) in [7, 11) is -5.12. The molecule has 1 aliphatic rings. The van der Waals surface area contributed by atoms with Gasteiger partial charge in [-0.25, -0.2) is 4.57 Å². The molecule has 1 rings (SSSR count). The van der Waals surface area contributed by atoms with Gasteiger partial charge in [-0.05, 0) is 64.2 Å². The number of allylic oxidation sites excluding steroid dienone is 6. The fourth-order valence-corrected chi connectivity index (χ4v) is 7.18. The van der Waals surface area contributed by atoms with Gasteiger partial charge in [0.1, 0.15) is 43.2 Å². The first-order chi connectivity index (χ1) is 26.9. The van der Waals surface area contributed by atoms with E-state index in [4.69, 9.17) is 18.5 Å². The predicted molar refractivity (Wildman–Crippen MR) is 216 cm³/mol. The predicted octanol–water partition coefficient (Wildman–Crippen LogP) is 7.44. The van der Waals surface area contributed by atoms with Gasteiger partial charge >= 0.3 is 19.8 Å². The van der Waals surface area contributed by atoms with Crippen LogP contribution < -0.4 is 0 Å². The van der Waals surface area contributed by atoms with E-state index >= 15 is 0 Å². The van der Waals surface area contributed by atoms with Crippen LogP contribution in [0.4, 0.5) is 0 Å². The lowest BCUT2D eigenvalue weighted by Gasteiger charge is -2.41. The molecule has 56 heavy (non-hydrogen) atoms. The largest absolute Gasteiger partial charge is 0.472 e. The second-order valence-corrected chi connectivity index (χ2v) is 16.3. The Morgan fingerprint density at radius 1 is 0.554 bits per heavy atom. The Bertz CT molecular complexity index is 1130. The summed E-state index contributed by atoms with van der Waals surface area (Å²) in [4.78, 5) is 35.5. The van der Waals surface area contributed by atoms with Gasteiger partial charge in [0, 0.05) is 12.8 Å². The Morgan fingerprint density at radius 3 is 1.50 bits per heavy atom. The second-order valence-electron chi connectivity index (χ2n) is 14.9. The number of hydrogen-bond donors (Lipinski definition) is 6. The van der Waals surface area contributed by atoms with Gasteiger partial charge in [0.2, 0.25) is 0 Å². The van der Waals surface area contributed by atoms with Crippen LogP contribution >= 0.6 is 7.82 Å². The fraction of sp³-hybridized carbons (Fsp3) is 0.810. The fourth-order valence-electron chi connectivity index (χ4n) is 6.21. The average Bonchev–Trinajstić information content (AvgIpc) is 3.18. The zero-order valence-corrected chi connectivity index (χ0v) is 35.1. The summed E-state index contributed by atoms with van der Waals surface area (Å²) in [5.74, 6) is -1.13. The Kier molecular flexibility index (Phi) is 30.7. The smallest absolute Gasteiger partial charge is 0.462 e. The summed E-state index contributed by atoms with van der Waals surface area (Å²) in [6, 6.07) is 0. The van der Waals surface area contributed by atoms with Crippen molar-refractivity contribution in [3.05, 3.63) is 36.5 Å². The van der Waals surface area contributed by atoms with Gasteiger partial charge in [-0.1, -0.05) is 121 Å². The first-order valence-corrected chi connectivity index (χ1v) is 22.8. The molecule has 326 valence electrons. The summed E-state index contributed by atoms with van der Waals surface area (Å²) < 4.78 is 33.4. The highest BCUT2D eigenvalue weighted by atomic mass is 31.2. The monoisotopic (exact) mass is 818 g/mol. The highest BCUT2D eigenvalue weighted by Gasteiger charge is 2.51. The first-order valence-electron chi connectivity index (χ1n) is 21.3. The second kappa shape index (κ2) is 33.0. The van der Waals surface area contributed by atoms with Crippen LogP contribution in [0.15, 0.2) is 36.5 Å². The summed E-state index contributed by atoms with van der Waals surface area (Å²) in [6.45, 7) is 3.21. The summed E-state index contributed by atoms with van der Waals surface area (Å²) in [5.41, 5.74) is 0. The van der Waals surface area contributed by atoms with E-state index in [1.165, 1.54) is 44.9 Å². The maximum absolute atomic E-state index is 12.8. The Balaban J connectivity index is 2.52. The van der Waals surface area contributed by atoms with Crippen molar-refractivity contribution >= 4 is 19.8 Å². The lowest BCUT2D eigenvalue weighted by molar-refractivity contribution is -0.220. The van der Waals surface area contributed by atoms with Gasteiger partial charge in [0.25, 0.3) is 0 Å². The third kappa shape index (κ3) is 25.4. The standard InChI is InChI=1S/C42H75O13P/c1-3-5-7-9-11-13-15-17-18-19-21-22-24-26-28-30-35(43)52-32-34(54-36(44)31-29-27-25-23-20-16-14-12-10-8-6-4-2)33-53-56(50,51)55-42-40(48)38(46)37(45)39(47)41(42)49/h12-15,17-18,34,37-42,45-49H,3-11,16,19-33H2,1-2H3,(H,50,51)/b14-12+,15-13+,18-17+/t34-,37?,38-,39?,40?,41?,42?/m0/s1. The van der Waals surface area contributed by atoms with Gasteiger partial charge in [0.05, 0.1) is 6.61 Å². The van der Waals surface area contributed by atoms with Crippen LogP contribution in [0, 0.1) is 0 Å². The summed E-state index contributed by atoms with van der Waals surface area (Å²) >= 11 is 0. The molecule has 0 aromatic rings. The topological polar surface area (TPSA) is 210 Å². The number of carbonyl (C=O) groups is 2. The van der Waals surface area contributed by atoms with E-state index in [0.717, 1.165) is 77.0 Å². The number of carbonyl (C=O) groups excluding carboxylic acids is 2. The maximum Gasteiger partial charge on any atom is 0.472 e. The molecule has 1 fully saturated rings. The normalized spacial score (nSPS) is 23.2. The molecule has 0 aromatic heterocycles. The van der Waals surface area contributed by atoms with Crippen LogP contribution in [-0.4, -0.2) is 98.3 Å². The van der Waals surface area contributed by atoms with E-state index in [1.54, 1.807) is 0 Å². The molecular weight excluding hydrogens is 743 g/mol. The number of unbranched alkanes of at least 4 members (excludes halogenated alkanes) is 17. The van der Waals surface area contributed by atoms with Crippen LogP contribution in [0.2, 0.25) is 0 Å². The molecule has 13 nitrogen and oxygen atoms in total. The Hall–Kier alpha value is -1.93. The minimum Gasteiger partial charge on any atom is -0.462 e. The van der Waals surface area contributed by atoms with E-state index in [2.05, 4.69) is 50.3 Å². The highest BCUT2D eigenvalue weighted by Crippen LogP contribution is 2.47. The van der Waals surface area contributed by atoms with Crippen LogP contribution in [0.25, 0.3) is 0 Å². The molecule has 0 spiro atoms. The zero-order valence-electron chi connectivity index (χ0n) is 34.2. The lowest BCUT2D eigenvalue weighted by atomic mass is 9.85. The molecule has 1 saturated carbocycles. The van der Waals surface area contributed by atoms with Crippen LogP contribution in [0.5, 0.6) is 0 Å². The number of hydrogen-bond acceptors (Lipinski definition) is 12. The number of phosphoric ester groups is 1. The molecular formula is C42H75O13P. The summed E-state index contributed by atoms with van der Waals surface area (Å²) in [5, 5.41) is 50.0. The number of esters is 2. The van der Waals surface area contributed by atoms with Crippen molar-refractivity contribution in [1.29, 1.82) is 0 Å². The van der Waals surface area contributed by atoms with E-state index < -0.39 is 75.7 Å². The van der Waals surface area contributed by atoms with Crippen molar-refractivity contribution in [2.45, 2.75) is 204 Å². The first kappa shape index (κ1) is 52.1. The van der Waals surface area contributed by atoms with Gasteiger partial charge in [-0.15, -0.1) is 0 Å². The molecule has 0 radical (unpaired) electrons. The molecule has 1 aliphatic carbocycles. The SMILES string of the molecule is CCCCC/C=C/CCCCCCCC(=O)O[C@@H](COC(=O)CCCCCCC/C=C/C=C/CCCCCC)COP(=O)(O)OC1C(O)C(O)C(O)[C@H](O)C1O. The Morgan fingerprint density at radius 2 is 0.964 bits per heavy atom. The minimum atomic E-state index is -5.12. The Labute approximate surface area is 336 Å². The van der Waals surface area contributed by atoms with E-state index in [9.17, 15) is 44.6 Å². The van der Waals surface area contributed by atoms with Gasteiger partial charge in [-0.3, -0.25) is 18.6 Å². The maximum atomic E-state index is 12.8. The van der Waals surface area contributed by atoms with Crippen LogP contribution in [0.3, 0.4) is 0 Å². The van der Waals surface area contributed by atoms with Crippen molar-refractivity contribution in [2.75, 3.05) is 13.2 Å². The third-order valence-corrected chi connectivity index (χ3v) is 10.7. The number of aliphatic hydroxyl groups excluding tert-OH is 5. The lowest BCUT2D eigenvalue weighted by Crippen LogP contribution is -2.64. The molecule has 8 atom stereocenters. The minimum absolute atomic E-state index is 0.0826. The average molecular weight is 819 g/mol. The molecule has 0 amide bonds. The summed E-state index contributed by atoms with van der Waals surface area (Å²) in [6.07, 6.45) is 22.1. The molecule has 6 unspecified atom stereocenters.